The number of carboxylic acids is 1. The molecule has 1 unspecified atom stereocenters. The summed E-state index contributed by atoms with van der Waals surface area (Å²) in [5, 5.41) is 8.79. The number of ether oxygens (including phenoxy) is 1. The molecule has 1 N–H and O–H groups in total. The number of anilines is 1. The highest BCUT2D eigenvalue weighted by atomic mass is 16.5. The first-order valence-electron chi connectivity index (χ1n) is 6.29. The van der Waals surface area contributed by atoms with Crippen LogP contribution in [-0.4, -0.2) is 36.9 Å². The maximum absolute atomic E-state index is 10.7. The summed E-state index contributed by atoms with van der Waals surface area (Å²) < 4.78 is 5.46. The molecule has 0 aromatic heterocycles. The van der Waals surface area contributed by atoms with Gasteiger partial charge in [0.05, 0.1) is 19.3 Å². The first-order valence-corrected chi connectivity index (χ1v) is 6.29. The van der Waals surface area contributed by atoms with Gasteiger partial charge in [-0.15, -0.1) is 0 Å². The highest BCUT2D eigenvalue weighted by Crippen LogP contribution is 2.23. The third-order valence-electron chi connectivity index (χ3n) is 3.25. The van der Waals surface area contributed by atoms with Crippen molar-refractivity contribution in [3.05, 3.63) is 29.8 Å². The van der Waals surface area contributed by atoms with E-state index in [1.54, 1.807) is 0 Å². The lowest BCUT2D eigenvalue weighted by atomic mass is 10.1. The van der Waals surface area contributed by atoms with E-state index in [4.69, 9.17) is 9.84 Å². The Morgan fingerprint density at radius 1 is 1.56 bits per heavy atom. The average molecular weight is 249 g/mol. The third-order valence-corrected chi connectivity index (χ3v) is 3.25. The number of hydrogen-bond acceptors (Lipinski definition) is 3. The molecular formula is C14H19NO3. The second-order valence-corrected chi connectivity index (χ2v) is 4.69. The molecule has 1 saturated heterocycles. The van der Waals surface area contributed by atoms with Gasteiger partial charge in [-0.05, 0) is 31.0 Å². The molecule has 0 radical (unpaired) electrons. The number of nitrogens with zero attached hydrogens (tertiary/aromatic N) is 1. The molecule has 98 valence electrons. The van der Waals surface area contributed by atoms with E-state index in [0.717, 1.165) is 12.2 Å². The highest BCUT2D eigenvalue weighted by molar-refractivity contribution is 5.66. The fourth-order valence-corrected chi connectivity index (χ4v) is 2.33. The molecule has 0 spiro atoms. The monoisotopic (exact) mass is 249 g/mol. The van der Waals surface area contributed by atoms with Crippen molar-refractivity contribution in [3.63, 3.8) is 0 Å². The fourth-order valence-electron chi connectivity index (χ4n) is 2.33. The van der Waals surface area contributed by atoms with Crippen LogP contribution in [0.15, 0.2) is 24.3 Å². The van der Waals surface area contributed by atoms with Gasteiger partial charge in [0.2, 0.25) is 0 Å². The Labute approximate surface area is 107 Å². The van der Waals surface area contributed by atoms with Gasteiger partial charge in [0.1, 0.15) is 0 Å². The Kier molecular flexibility index (Phi) is 4.20. The number of benzene rings is 1. The van der Waals surface area contributed by atoms with Crippen LogP contribution in [0.3, 0.4) is 0 Å². The maximum Gasteiger partial charge on any atom is 0.303 e. The molecule has 1 aliphatic rings. The van der Waals surface area contributed by atoms with Crippen LogP contribution in [0, 0.1) is 6.92 Å². The number of hydrogen-bond donors (Lipinski definition) is 1. The van der Waals surface area contributed by atoms with Crippen molar-refractivity contribution in [2.45, 2.75) is 25.8 Å². The SMILES string of the molecule is Cc1cccc(N2CCOCC2CCC(=O)O)c1. The summed E-state index contributed by atoms with van der Waals surface area (Å²) in [6, 6.07) is 8.48. The highest BCUT2D eigenvalue weighted by Gasteiger charge is 2.23. The van der Waals surface area contributed by atoms with Crippen LogP contribution in [0.1, 0.15) is 18.4 Å². The normalized spacial score (nSPS) is 19.8. The zero-order valence-corrected chi connectivity index (χ0v) is 10.6. The topological polar surface area (TPSA) is 49.8 Å². The van der Waals surface area contributed by atoms with Gasteiger partial charge in [-0.3, -0.25) is 4.79 Å². The van der Waals surface area contributed by atoms with Crippen molar-refractivity contribution < 1.29 is 14.6 Å². The van der Waals surface area contributed by atoms with Crippen molar-refractivity contribution in [1.82, 2.24) is 0 Å². The molecular weight excluding hydrogens is 230 g/mol. The lowest BCUT2D eigenvalue weighted by Crippen LogP contribution is -2.45. The van der Waals surface area contributed by atoms with E-state index in [1.165, 1.54) is 5.56 Å². The molecule has 4 nitrogen and oxygen atoms in total. The maximum atomic E-state index is 10.7. The van der Waals surface area contributed by atoms with E-state index in [-0.39, 0.29) is 12.5 Å². The second-order valence-electron chi connectivity index (χ2n) is 4.69. The zero-order valence-electron chi connectivity index (χ0n) is 10.6. The van der Waals surface area contributed by atoms with Gasteiger partial charge in [-0.1, -0.05) is 12.1 Å². The van der Waals surface area contributed by atoms with Crippen molar-refractivity contribution in [3.8, 4) is 0 Å². The Hall–Kier alpha value is -1.55. The van der Waals surface area contributed by atoms with E-state index >= 15 is 0 Å². The summed E-state index contributed by atoms with van der Waals surface area (Å²) in [6.07, 6.45) is 0.819. The summed E-state index contributed by atoms with van der Waals surface area (Å²) >= 11 is 0. The van der Waals surface area contributed by atoms with Crippen molar-refractivity contribution >= 4 is 11.7 Å². The summed E-state index contributed by atoms with van der Waals surface area (Å²) in [6.45, 7) is 4.21. The molecule has 1 aromatic rings. The van der Waals surface area contributed by atoms with E-state index < -0.39 is 5.97 Å². The smallest absolute Gasteiger partial charge is 0.303 e. The average Bonchev–Trinajstić information content (AvgIpc) is 2.36. The van der Waals surface area contributed by atoms with Gasteiger partial charge in [-0.25, -0.2) is 0 Å². The second kappa shape index (κ2) is 5.87. The largest absolute Gasteiger partial charge is 0.481 e. The number of morpholine rings is 1. The van der Waals surface area contributed by atoms with Crippen LogP contribution in [0.4, 0.5) is 5.69 Å². The summed E-state index contributed by atoms with van der Waals surface area (Å²) in [4.78, 5) is 12.9. The minimum absolute atomic E-state index is 0.164. The number of carbonyl (C=O) groups is 1. The third kappa shape index (κ3) is 3.23. The van der Waals surface area contributed by atoms with Crippen LogP contribution in [0.5, 0.6) is 0 Å². The predicted molar refractivity (Wildman–Crippen MR) is 70.0 cm³/mol. The molecule has 0 amide bonds. The first kappa shape index (κ1) is 12.9. The Balaban J connectivity index is 2.09. The molecule has 1 aliphatic heterocycles. The van der Waals surface area contributed by atoms with E-state index in [1.807, 2.05) is 6.07 Å². The lowest BCUT2D eigenvalue weighted by Gasteiger charge is -2.37. The van der Waals surface area contributed by atoms with Crippen LogP contribution < -0.4 is 4.90 Å². The molecule has 1 atom stereocenters. The molecule has 0 aliphatic carbocycles. The molecule has 18 heavy (non-hydrogen) atoms. The molecule has 0 saturated carbocycles. The molecule has 1 heterocycles. The van der Waals surface area contributed by atoms with Crippen LogP contribution in [-0.2, 0) is 9.53 Å². The van der Waals surface area contributed by atoms with Gasteiger partial charge in [0.25, 0.3) is 0 Å². The lowest BCUT2D eigenvalue weighted by molar-refractivity contribution is -0.137. The van der Waals surface area contributed by atoms with Crippen LogP contribution >= 0.6 is 0 Å². The Morgan fingerprint density at radius 3 is 3.11 bits per heavy atom. The van der Waals surface area contributed by atoms with Crippen molar-refractivity contribution in [2.24, 2.45) is 0 Å². The van der Waals surface area contributed by atoms with Crippen molar-refractivity contribution in [2.75, 3.05) is 24.7 Å². The summed E-state index contributed by atoms with van der Waals surface area (Å²) in [5.74, 6) is -0.746. The Bertz CT molecular complexity index is 419. The van der Waals surface area contributed by atoms with E-state index in [2.05, 4.69) is 30.0 Å². The minimum atomic E-state index is -0.746. The first-order chi connectivity index (χ1) is 8.66. The van der Waals surface area contributed by atoms with E-state index in [0.29, 0.717) is 19.6 Å². The molecule has 1 fully saturated rings. The van der Waals surface area contributed by atoms with Crippen LogP contribution in [0.2, 0.25) is 0 Å². The van der Waals surface area contributed by atoms with Crippen molar-refractivity contribution in [1.29, 1.82) is 0 Å². The summed E-state index contributed by atoms with van der Waals surface area (Å²) in [7, 11) is 0. The number of rotatable bonds is 4. The molecule has 4 heteroatoms. The standard InChI is InChI=1S/C14H19NO3/c1-11-3-2-4-12(9-11)15-7-8-18-10-13(15)5-6-14(16)17/h2-4,9,13H,5-8,10H2,1H3,(H,16,17). The van der Waals surface area contributed by atoms with E-state index in [9.17, 15) is 4.79 Å². The molecule has 0 bridgehead atoms. The molecule has 2 rings (SSSR count). The van der Waals surface area contributed by atoms with Crippen LogP contribution in [0.25, 0.3) is 0 Å². The number of aliphatic carboxylic acids is 1. The predicted octanol–water partition coefficient (Wildman–Crippen LogP) is 2.07. The van der Waals surface area contributed by atoms with Gasteiger partial charge in [0.15, 0.2) is 0 Å². The number of carboxylic acid groups (broad SMARTS) is 1. The minimum Gasteiger partial charge on any atom is -0.481 e. The number of aryl methyl sites for hydroxylation is 1. The van der Waals surface area contributed by atoms with Gasteiger partial charge < -0.3 is 14.7 Å². The quantitative estimate of drug-likeness (QED) is 0.887. The fraction of sp³-hybridized carbons (Fsp3) is 0.500. The Morgan fingerprint density at radius 2 is 2.39 bits per heavy atom. The molecule has 1 aromatic carbocycles. The van der Waals surface area contributed by atoms with Gasteiger partial charge in [0, 0.05) is 18.7 Å². The zero-order chi connectivity index (χ0) is 13.0. The summed E-state index contributed by atoms with van der Waals surface area (Å²) in [5.41, 5.74) is 2.38. The van der Waals surface area contributed by atoms with Gasteiger partial charge in [-0.2, -0.15) is 0 Å². The van der Waals surface area contributed by atoms with Gasteiger partial charge >= 0.3 is 5.97 Å².